The number of fused-ring (bicyclic) bond motifs is 1. The standard InChI is InChI=1S/C26H24FN5/c1-3-6-20(19-7-4-5-8-22(19)27)24-16(2)29-26(30-24)25-21-15-18(9-10-23(21)31-32-25)17-11-13-28-14-12-17/h3-11,15,28H,1,12-14H2,2H3,(H,29,30)(H,31,32)/b20-6-. The van der Waals surface area contributed by atoms with Gasteiger partial charge in [0.25, 0.3) is 0 Å². The van der Waals surface area contributed by atoms with Gasteiger partial charge in [0.05, 0.1) is 11.2 Å². The number of H-pyrrole nitrogens is 2. The van der Waals surface area contributed by atoms with Crippen molar-refractivity contribution >= 4 is 22.0 Å². The Labute approximate surface area is 185 Å². The van der Waals surface area contributed by atoms with Crippen LogP contribution in [0.25, 0.3) is 33.6 Å². The molecular weight excluding hydrogens is 401 g/mol. The minimum atomic E-state index is -0.297. The van der Waals surface area contributed by atoms with Crippen LogP contribution in [0.3, 0.4) is 0 Å². The molecule has 3 heterocycles. The van der Waals surface area contributed by atoms with Gasteiger partial charge in [-0.3, -0.25) is 5.10 Å². The molecule has 4 aromatic rings. The van der Waals surface area contributed by atoms with E-state index < -0.39 is 0 Å². The van der Waals surface area contributed by atoms with Crippen LogP contribution >= 0.6 is 0 Å². The van der Waals surface area contributed by atoms with E-state index in [1.54, 1.807) is 24.3 Å². The molecule has 0 saturated carbocycles. The lowest BCUT2D eigenvalue weighted by Crippen LogP contribution is -2.19. The summed E-state index contributed by atoms with van der Waals surface area (Å²) in [5.74, 6) is 0.348. The zero-order valence-corrected chi connectivity index (χ0v) is 17.9. The zero-order chi connectivity index (χ0) is 22.1. The molecule has 0 spiro atoms. The molecule has 2 aromatic heterocycles. The first-order valence-corrected chi connectivity index (χ1v) is 10.7. The lowest BCUT2D eigenvalue weighted by atomic mass is 9.98. The van der Waals surface area contributed by atoms with E-state index in [1.807, 2.05) is 13.0 Å². The van der Waals surface area contributed by atoms with E-state index in [1.165, 1.54) is 17.2 Å². The molecule has 0 saturated heterocycles. The number of allylic oxidation sites excluding steroid dienone is 2. The molecule has 6 heteroatoms. The summed E-state index contributed by atoms with van der Waals surface area (Å²) in [6, 6.07) is 13.1. The number of benzene rings is 2. The predicted octanol–water partition coefficient (Wildman–Crippen LogP) is 5.39. The van der Waals surface area contributed by atoms with E-state index in [4.69, 9.17) is 4.98 Å². The monoisotopic (exact) mass is 425 g/mol. The van der Waals surface area contributed by atoms with Gasteiger partial charge < -0.3 is 10.3 Å². The van der Waals surface area contributed by atoms with Gasteiger partial charge in [-0.25, -0.2) is 9.37 Å². The van der Waals surface area contributed by atoms with Gasteiger partial charge in [0.1, 0.15) is 11.5 Å². The minimum absolute atomic E-state index is 0.297. The van der Waals surface area contributed by atoms with Crippen LogP contribution in [0.5, 0.6) is 0 Å². The summed E-state index contributed by atoms with van der Waals surface area (Å²) in [5.41, 5.74) is 6.91. The molecular formula is C26H24FN5. The fourth-order valence-corrected chi connectivity index (χ4v) is 4.21. The number of halogens is 1. The lowest BCUT2D eigenvalue weighted by molar-refractivity contribution is 0.624. The van der Waals surface area contributed by atoms with Gasteiger partial charge in [-0.1, -0.05) is 49.1 Å². The minimum Gasteiger partial charge on any atom is -0.340 e. The highest BCUT2D eigenvalue weighted by molar-refractivity contribution is 5.94. The Morgan fingerprint density at radius 2 is 2.06 bits per heavy atom. The summed E-state index contributed by atoms with van der Waals surface area (Å²) in [5, 5.41) is 12.0. The van der Waals surface area contributed by atoms with Crippen molar-refractivity contribution in [2.24, 2.45) is 0 Å². The highest BCUT2D eigenvalue weighted by Gasteiger charge is 2.19. The number of nitrogens with zero attached hydrogens (tertiary/aromatic N) is 2. The average Bonchev–Trinajstić information content (AvgIpc) is 3.41. The zero-order valence-electron chi connectivity index (χ0n) is 17.9. The Morgan fingerprint density at radius 3 is 2.84 bits per heavy atom. The number of hydrogen-bond acceptors (Lipinski definition) is 3. The second-order valence-corrected chi connectivity index (χ2v) is 7.87. The average molecular weight is 426 g/mol. The Balaban J connectivity index is 1.60. The van der Waals surface area contributed by atoms with E-state index in [2.05, 4.69) is 51.4 Å². The summed E-state index contributed by atoms with van der Waals surface area (Å²) in [7, 11) is 0. The molecule has 0 unspecified atom stereocenters. The third-order valence-corrected chi connectivity index (χ3v) is 5.81. The maximum Gasteiger partial charge on any atom is 0.159 e. The molecule has 32 heavy (non-hydrogen) atoms. The normalized spacial score (nSPS) is 14.6. The van der Waals surface area contributed by atoms with Crippen LogP contribution in [0.15, 0.2) is 67.3 Å². The van der Waals surface area contributed by atoms with E-state index >= 15 is 0 Å². The fourth-order valence-electron chi connectivity index (χ4n) is 4.21. The van der Waals surface area contributed by atoms with Crippen molar-refractivity contribution in [1.29, 1.82) is 0 Å². The van der Waals surface area contributed by atoms with Crippen molar-refractivity contribution in [3.8, 4) is 11.5 Å². The maximum atomic E-state index is 14.5. The van der Waals surface area contributed by atoms with Gasteiger partial charge in [0.2, 0.25) is 0 Å². The van der Waals surface area contributed by atoms with Crippen molar-refractivity contribution in [3.63, 3.8) is 0 Å². The number of rotatable bonds is 5. The Kier molecular flexibility index (Phi) is 5.29. The van der Waals surface area contributed by atoms with Gasteiger partial charge in [0.15, 0.2) is 5.82 Å². The summed E-state index contributed by atoms with van der Waals surface area (Å²) in [6.07, 6.45) is 6.68. The van der Waals surface area contributed by atoms with E-state index in [-0.39, 0.29) is 5.82 Å². The highest BCUT2D eigenvalue weighted by Crippen LogP contribution is 2.32. The third-order valence-electron chi connectivity index (χ3n) is 5.81. The summed E-state index contributed by atoms with van der Waals surface area (Å²) in [6.45, 7) is 7.61. The molecule has 0 atom stereocenters. The molecule has 5 rings (SSSR count). The van der Waals surface area contributed by atoms with Crippen LogP contribution in [-0.4, -0.2) is 33.3 Å². The predicted molar refractivity (Wildman–Crippen MR) is 128 cm³/mol. The van der Waals surface area contributed by atoms with Gasteiger partial charge in [-0.05, 0) is 49.2 Å². The second kappa shape index (κ2) is 8.40. The molecule has 1 aliphatic rings. The number of imidazole rings is 1. The largest absolute Gasteiger partial charge is 0.340 e. The number of aryl methyl sites for hydroxylation is 1. The summed E-state index contributed by atoms with van der Waals surface area (Å²) in [4.78, 5) is 8.19. The fraction of sp³-hybridized carbons (Fsp3) is 0.154. The highest BCUT2D eigenvalue weighted by atomic mass is 19.1. The molecule has 160 valence electrons. The van der Waals surface area contributed by atoms with Crippen LogP contribution in [0.1, 0.15) is 28.9 Å². The number of nitrogens with one attached hydrogen (secondary N) is 3. The SMILES string of the molecule is C=C/C=C(/c1ccccc1F)c1nc(-c2n[nH]c3ccc(C4=CCNCC4)cc23)[nH]c1C. The van der Waals surface area contributed by atoms with E-state index in [0.717, 1.165) is 41.8 Å². The van der Waals surface area contributed by atoms with Gasteiger partial charge in [-0.2, -0.15) is 5.10 Å². The lowest BCUT2D eigenvalue weighted by Gasteiger charge is -2.14. The van der Waals surface area contributed by atoms with Crippen molar-refractivity contribution in [3.05, 3.63) is 95.6 Å². The molecule has 5 nitrogen and oxygen atoms in total. The van der Waals surface area contributed by atoms with Gasteiger partial charge in [-0.15, -0.1) is 0 Å². The number of aromatic amines is 2. The van der Waals surface area contributed by atoms with Gasteiger partial charge in [0, 0.05) is 28.8 Å². The molecule has 0 radical (unpaired) electrons. The van der Waals surface area contributed by atoms with Gasteiger partial charge >= 0.3 is 0 Å². The molecule has 3 N–H and O–H groups in total. The van der Waals surface area contributed by atoms with Crippen molar-refractivity contribution in [2.75, 3.05) is 13.1 Å². The Bertz CT molecular complexity index is 1370. The quantitative estimate of drug-likeness (QED) is 0.375. The van der Waals surface area contributed by atoms with Crippen LogP contribution in [0, 0.1) is 12.7 Å². The smallest absolute Gasteiger partial charge is 0.159 e. The van der Waals surface area contributed by atoms with Crippen LogP contribution in [-0.2, 0) is 0 Å². The van der Waals surface area contributed by atoms with Crippen LogP contribution in [0.4, 0.5) is 4.39 Å². The molecule has 0 bridgehead atoms. The molecule has 1 aliphatic heterocycles. The topological polar surface area (TPSA) is 69.4 Å². The van der Waals surface area contributed by atoms with Crippen molar-refractivity contribution < 1.29 is 4.39 Å². The summed E-state index contributed by atoms with van der Waals surface area (Å²) < 4.78 is 14.5. The molecule has 2 aromatic carbocycles. The number of hydrogen-bond donors (Lipinski definition) is 3. The molecule has 0 fully saturated rings. The van der Waals surface area contributed by atoms with Crippen LogP contribution < -0.4 is 5.32 Å². The van der Waals surface area contributed by atoms with Crippen molar-refractivity contribution in [1.82, 2.24) is 25.5 Å². The molecule has 0 aliphatic carbocycles. The Hall–Kier alpha value is -3.77. The second-order valence-electron chi connectivity index (χ2n) is 7.87. The number of aromatic nitrogens is 4. The summed E-state index contributed by atoms with van der Waals surface area (Å²) >= 11 is 0. The first-order chi connectivity index (χ1) is 15.7. The maximum absolute atomic E-state index is 14.5. The van der Waals surface area contributed by atoms with Crippen LogP contribution in [0.2, 0.25) is 0 Å². The third kappa shape index (κ3) is 3.59. The Morgan fingerprint density at radius 1 is 1.19 bits per heavy atom. The van der Waals surface area contributed by atoms with E-state index in [9.17, 15) is 4.39 Å². The first kappa shape index (κ1) is 20.2. The van der Waals surface area contributed by atoms with Crippen molar-refractivity contribution in [2.45, 2.75) is 13.3 Å². The molecule has 0 amide bonds. The first-order valence-electron chi connectivity index (χ1n) is 10.7. The van der Waals surface area contributed by atoms with E-state index in [0.29, 0.717) is 22.7 Å².